The Morgan fingerprint density at radius 3 is 2.76 bits per heavy atom. The van der Waals surface area contributed by atoms with Crippen molar-refractivity contribution >= 4 is 11.4 Å². The third-order valence-corrected chi connectivity index (χ3v) is 4.17. The molecule has 0 spiro atoms. The van der Waals surface area contributed by atoms with E-state index in [1.807, 2.05) is 24.3 Å². The van der Waals surface area contributed by atoms with E-state index >= 15 is 0 Å². The average molecular weight is 282 g/mol. The number of nitrogens with two attached hydrogens (primary N) is 1. The molecule has 2 N–H and O–H groups in total. The predicted octanol–water partition coefficient (Wildman–Crippen LogP) is 3.49. The molecule has 0 fully saturated rings. The zero-order chi connectivity index (χ0) is 14.7. The van der Waals surface area contributed by atoms with Crippen molar-refractivity contribution < 1.29 is 4.74 Å². The number of nitrogens with zero attached hydrogens (tertiary/aromatic N) is 1. The number of ether oxygens (including phenoxy) is 1. The summed E-state index contributed by atoms with van der Waals surface area (Å²) in [5, 5.41) is 0. The molecular weight excluding hydrogens is 260 g/mol. The SMILES string of the molecule is CC1CCc2ccccc2N1CCOc1ccccc1N. The van der Waals surface area contributed by atoms with Crippen molar-refractivity contribution in [1.29, 1.82) is 0 Å². The van der Waals surface area contributed by atoms with Gasteiger partial charge in [-0.15, -0.1) is 0 Å². The lowest BCUT2D eigenvalue weighted by Gasteiger charge is -2.37. The Morgan fingerprint density at radius 2 is 1.90 bits per heavy atom. The number of benzene rings is 2. The number of hydrogen-bond acceptors (Lipinski definition) is 3. The zero-order valence-electron chi connectivity index (χ0n) is 12.5. The van der Waals surface area contributed by atoms with Crippen LogP contribution in [0.15, 0.2) is 48.5 Å². The van der Waals surface area contributed by atoms with Gasteiger partial charge in [-0.05, 0) is 43.5 Å². The van der Waals surface area contributed by atoms with Crippen LogP contribution in [0.5, 0.6) is 5.75 Å². The van der Waals surface area contributed by atoms with Gasteiger partial charge in [-0.25, -0.2) is 0 Å². The number of fused-ring (bicyclic) bond motifs is 1. The van der Waals surface area contributed by atoms with E-state index in [1.165, 1.54) is 24.1 Å². The number of aryl methyl sites for hydroxylation is 1. The summed E-state index contributed by atoms with van der Waals surface area (Å²) in [6.45, 7) is 3.81. The van der Waals surface area contributed by atoms with E-state index in [0.717, 1.165) is 12.3 Å². The Hall–Kier alpha value is -2.16. The third-order valence-electron chi connectivity index (χ3n) is 4.17. The van der Waals surface area contributed by atoms with Gasteiger partial charge in [0.25, 0.3) is 0 Å². The van der Waals surface area contributed by atoms with E-state index in [4.69, 9.17) is 10.5 Å². The van der Waals surface area contributed by atoms with Crippen LogP contribution in [-0.2, 0) is 6.42 Å². The molecule has 1 unspecified atom stereocenters. The normalized spacial score (nSPS) is 17.4. The highest BCUT2D eigenvalue weighted by Crippen LogP contribution is 2.30. The highest BCUT2D eigenvalue weighted by atomic mass is 16.5. The minimum atomic E-state index is 0.552. The van der Waals surface area contributed by atoms with Gasteiger partial charge in [-0.1, -0.05) is 30.3 Å². The van der Waals surface area contributed by atoms with Crippen LogP contribution >= 0.6 is 0 Å². The number of hydrogen-bond donors (Lipinski definition) is 1. The maximum absolute atomic E-state index is 5.91. The van der Waals surface area contributed by atoms with Crippen molar-refractivity contribution in [3.63, 3.8) is 0 Å². The summed E-state index contributed by atoms with van der Waals surface area (Å²) in [6, 6.07) is 16.9. The van der Waals surface area contributed by atoms with Crippen molar-refractivity contribution in [3.8, 4) is 5.75 Å². The molecule has 0 aromatic heterocycles. The first-order valence-electron chi connectivity index (χ1n) is 7.57. The second-order valence-electron chi connectivity index (χ2n) is 5.60. The van der Waals surface area contributed by atoms with Gasteiger partial charge in [0.2, 0.25) is 0 Å². The lowest BCUT2D eigenvalue weighted by Crippen LogP contribution is -2.40. The first-order valence-corrected chi connectivity index (χ1v) is 7.57. The molecule has 3 nitrogen and oxygen atoms in total. The van der Waals surface area contributed by atoms with Gasteiger partial charge >= 0.3 is 0 Å². The molecule has 0 radical (unpaired) electrons. The number of nitrogen functional groups attached to an aromatic ring is 1. The summed E-state index contributed by atoms with van der Waals surface area (Å²) in [5.74, 6) is 0.774. The molecule has 3 rings (SSSR count). The summed E-state index contributed by atoms with van der Waals surface area (Å²) in [5.41, 5.74) is 9.39. The third kappa shape index (κ3) is 2.97. The van der Waals surface area contributed by atoms with E-state index < -0.39 is 0 Å². The quantitative estimate of drug-likeness (QED) is 0.872. The summed E-state index contributed by atoms with van der Waals surface area (Å²) in [7, 11) is 0. The number of para-hydroxylation sites is 3. The molecule has 0 aliphatic carbocycles. The monoisotopic (exact) mass is 282 g/mol. The van der Waals surface area contributed by atoms with Crippen molar-refractivity contribution in [2.45, 2.75) is 25.8 Å². The zero-order valence-corrected chi connectivity index (χ0v) is 12.5. The van der Waals surface area contributed by atoms with E-state index in [1.54, 1.807) is 0 Å². The molecule has 21 heavy (non-hydrogen) atoms. The molecule has 2 aromatic carbocycles. The highest BCUT2D eigenvalue weighted by molar-refractivity contribution is 5.56. The van der Waals surface area contributed by atoms with Gasteiger partial charge in [-0.3, -0.25) is 0 Å². The Labute approximate surface area is 126 Å². The first kappa shape index (κ1) is 13.8. The van der Waals surface area contributed by atoms with Gasteiger partial charge in [-0.2, -0.15) is 0 Å². The largest absolute Gasteiger partial charge is 0.490 e. The van der Waals surface area contributed by atoms with Crippen LogP contribution in [0.1, 0.15) is 18.9 Å². The second-order valence-corrected chi connectivity index (χ2v) is 5.60. The molecule has 0 bridgehead atoms. The Balaban J connectivity index is 1.66. The van der Waals surface area contributed by atoms with Crippen LogP contribution in [0.4, 0.5) is 11.4 Å². The van der Waals surface area contributed by atoms with Gasteiger partial charge in [0, 0.05) is 11.7 Å². The summed E-state index contributed by atoms with van der Waals surface area (Å²) in [4.78, 5) is 2.44. The van der Waals surface area contributed by atoms with Gasteiger partial charge in [0.1, 0.15) is 12.4 Å². The lowest BCUT2D eigenvalue weighted by molar-refractivity contribution is 0.319. The molecule has 0 saturated heterocycles. The average Bonchev–Trinajstić information content (AvgIpc) is 2.51. The van der Waals surface area contributed by atoms with Crippen LogP contribution in [0.3, 0.4) is 0 Å². The smallest absolute Gasteiger partial charge is 0.142 e. The maximum Gasteiger partial charge on any atom is 0.142 e. The van der Waals surface area contributed by atoms with Gasteiger partial charge in [0.05, 0.1) is 12.2 Å². The molecule has 3 heteroatoms. The molecule has 1 aliphatic heterocycles. The van der Waals surface area contributed by atoms with E-state index in [2.05, 4.69) is 36.1 Å². The van der Waals surface area contributed by atoms with Gasteiger partial charge in [0.15, 0.2) is 0 Å². The van der Waals surface area contributed by atoms with Crippen LogP contribution in [0, 0.1) is 0 Å². The number of rotatable bonds is 4. The van der Waals surface area contributed by atoms with Crippen molar-refractivity contribution in [3.05, 3.63) is 54.1 Å². The Kier molecular flexibility index (Phi) is 4.00. The molecule has 0 amide bonds. The fourth-order valence-electron chi connectivity index (χ4n) is 2.97. The van der Waals surface area contributed by atoms with E-state index in [0.29, 0.717) is 18.3 Å². The summed E-state index contributed by atoms with van der Waals surface area (Å²) in [6.07, 6.45) is 2.37. The van der Waals surface area contributed by atoms with Crippen LogP contribution in [0.2, 0.25) is 0 Å². The fourth-order valence-corrected chi connectivity index (χ4v) is 2.97. The minimum absolute atomic E-state index is 0.552. The van der Waals surface area contributed by atoms with Gasteiger partial charge < -0.3 is 15.4 Å². The first-order chi connectivity index (χ1) is 10.3. The topological polar surface area (TPSA) is 38.5 Å². The molecule has 0 saturated carbocycles. The predicted molar refractivity (Wildman–Crippen MR) is 87.9 cm³/mol. The molecule has 2 aromatic rings. The van der Waals surface area contributed by atoms with Crippen molar-refractivity contribution in [2.24, 2.45) is 0 Å². The van der Waals surface area contributed by atoms with Crippen LogP contribution < -0.4 is 15.4 Å². The number of anilines is 2. The lowest BCUT2D eigenvalue weighted by atomic mass is 9.97. The van der Waals surface area contributed by atoms with Crippen molar-refractivity contribution in [1.82, 2.24) is 0 Å². The molecule has 110 valence electrons. The fraction of sp³-hybridized carbons (Fsp3) is 0.333. The van der Waals surface area contributed by atoms with Crippen LogP contribution in [-0.4, -0.2) is 19.2 Å². The summed E-state index contributed by atoms with van der Waals surface area (Å²) < 4.78 is 5.84. The van der Waals surface area contributed by atoms with E-state index in [-0.39, 0.29) is 0 Å². The Morgan fingerprint density at radius 1 is 1.14 bits per heavy atom. The molecule has 1 heterocycles. The summed E-state index contributed by atoms with van der Waals surface area (Å²) >= 11 is 0. The molecule has 1 atom stereocenters. The van der Waals surface area contributed by atoms with Crippen LogP contribution in [0.25, 0.3) is 0 Å². The molecule has 1 aliphatic rings. The highest BCUT2D eigenvalue weighted by Gasteiger charge is 2.22. The maximum atomic E-state index is 5.91. The van der Waals surface area contributed by atoms with E-state index in [9.17, 15) is 0 Å². The Bertz CT molecular complexity index is 612. The second kappa shape index (κ2) is 6.08. The minimum Gasteiger partial charge on any atom is -0.490 e. The standard InChI is InChI=1S/C18H22N2O/c1-14-10-11-15-6-2-4-8-17(15)20(14)12-13-21-18-9-5-3-7-16(18)19/h2-9,14H,10-13,19H2,1H3. The van der Waals surface area contributed by atoms with Crippen molar-refractivity contribution in [2.75, 3.05) is 23.8 Å². The molecular formula is C18H22N2O.